The first-order chi connectivity index (χ1) is 18.5. The first-order valence-electron chi connectivity index (χ1n) is 12.3. The fraction of sp³-hybridized carbons (Fsp3) is 0.357. The van der Waals surface area contributed by atoms with Gasteiger partial charge in [0.25, 0.3) is 5.56 Å². The number of ether oxygens (including phenoxy) is 3. The number of rotatable bonds is 11. The maximum Gasteiger partial charge on any atom is 0.408 e. The van der Waals surface area contributed by atoms with Gasteiger partial charge in [-0.3, -0.25) is 13.9 Å². The van der Waals surface area contributed by atoms with E-state index in [4.69, 9.17) is 14.2 Å². The van der Waals surface area contributed by atoms with E-state index in [1.165, 1.54) is 0 Å². The molecular formula is C28H32FN3O7. The van der Waals surface area contributed by atoms with E-state index >= 15 is 0 Å². The van der Waals surface area contributed by atoms with Crippen LogP contribution in [-0.4, -0.2) is 32.8 Å². The quantitative estimate of drug-likeness (QED) is 0.370. The van der Waals surface area contributed by atoms with E-state index < -0.39 is 40.8 Å². The third-order valence-electron chi connectivity index (χ3n) is 5.38. The first-order valence-corrected chi connectivity index (χ1v) is 12.3. The van der Waals surface area contributed by atoms with Crippen molar-refractivity contribution < 1.29 is 28.2 Å². The molecule has 0 bridgehead atoms. The molecule has 1 heterocycles. The van der Waals surface area contributed by atoms with Gasteiger partial charge in [-0.15, -0.1) is 0 Å². The minimum atomic E-state index is -1.28. The van der Waals surface area contributed by atoms with Gasteiger partial charge in [0.1, 0.15) is 25.0 Å². The topological polar surface area (TPSA) is 118 Å². The van der Waals surface area contributed by atoms with Crippen LogP contribution in [0.4, 0.5) is 9.18 Å². The van der Waals surface area contributed by atoms with Crippen molar-refractivity contribution in [3.63, 3.8) is 0 Å². The summed E-state index contributed by atoms with van der Waals surface area (Å²) in [6, 6.07) is 16.8. The zero-order valence-electron chi connectivity index (χ0n) is 22.1. The van der Waals surface area contributed by atoms with E-state index in [0.29, 0.717) is 4.57 Å². The molecule has 1 unspecified atom stereocenters. The van der Waals surface area contributed by atoms with Crippen LogP contribution in [0.2, 0.25) is 0 Å². The normalized spacial score (nSPS) is 12.0. The predicted molar refractivity (Wildman–Crippen MR) is 140 cm³/mol. The number of amides is 1. The second-order valence-electron chi connectivity index (χ2n) is 9.73. The fourth-order valence-corrected chi connectivity index (χ4v) is 3.53. The highest BCUT2D eigenvalue weighted by Gasteiger charge is 2.26. The summed E-state index contributed by atoms with van der Waals surface area (Å²) in [5, 5.41) is 2.42. The number of nitrogens with zero attached hydrogens (tertiary/aromatic N) is 2. The van der Waals surface area contributed by atoms with Crippen molar-refractivity contribution in [3.05, 3.63) is 105 Å². The zero-order chi connectivity index (χ0) is 28.4. The number of hydrogen-bond donors (Lipinski definition) is 1. The molecule has 1 N–H and O–H groups in total. The molecule has 1 aromatic heterocycles. The van der Waals surface area contributed by atoms with Crippen LogP contribution in [0.25, 0.3) is 0 Å². The average Bonchev–Trinajstić information content (AvgIpc) is 2.89. The Bertz CT molecular complexity index is 1370. The Morgan fingerprint density at radius 2 is 1.54 bits per heavy atom. The van der Waals surface area contributed by atoms with Crippen molar-refractivity contribution in [2.24, 2.45) is 0 Å². The molecule has 208 valence electrons. The Hall–Kier alpha value is -4.25. The second kappa shape index (κ2) is 13.5. The maximum atomic E-state index is 14.4. The lowest BCUT2D eigenvalue weighted by molar-refractivity contribution is -0.147. The maximum absolute atomic E-state index is 14.4. The molecule has 0 saturated heterocycles. The van der Waals surface area contributed by atoms with E-state index in [9.17, 15) is 23.6 Å². The van der Waals surface area contributed by atoms with Crippen molar-refractivity contribution in [2.75, 3.05) is 0 Å². The Labute approximate surface area is 224 Å². The van der Waals surface area contributed by atoms with Gasteiger partial charge in [0.2, 0.25) is 5.82 Å². The lowest BCUT2D eigenvalue weighted by Gasteiger charge is -2.23. The number of nitrogens with one attached hydrogen (secondary N) is 1. The molecule has 1 amide bonds. The molecule has 3 aromatic rings. The molecule has 11 heteroatoms. The summed E-state index contributed by atoms with van der Waals surface area (Å²) >= 11 is 0. The van der Waals surface area contributed by atoms with E-state index in [-0.39, 0.29) is 32.9 Å². The molecule has 0 aliphatic rings. The molecule has 0 spiro atoms. The molecule has 0 fully saturated rings. The Kier molecular flexibility index (Phi) is 10.2. The van der Waals surface area contributed by atoms with Gasteiger partial charge in [-0.25, -0.2) is 14.4 Å². The van der Waals surface area contributed by atoms with Crippen LogP contribution in [-0.2, 0) is 45.5 Å². The lowest BCUT2D eigenvalue weighted by atomic mass is 10.2. The molecule has 10 nitrogen and oxygen atoms in total. The van der Waals surface area contributed by atoms with Gasteiger partial charge in [0.15, 0.2) is 0 Å². The predicted octanol–water partition coefficient (Wildman–Crippen LogP) is 3.35. The fourth-order valence-electron chi connectivity index (χ4n) is 3.53. The summed E-state index contributed by atoms with van der Waals surface area (Å²) in [5.41, 5.74) is -1.25. The summed E-state index contributed by atoms with van der Waals surface area (Å²) in [4.78, 5) is 50.6. The van der Waals surface area contributed by atoms with Crippen molar-refractivity contribution >= 4 is 12.1 Å². The van der Waals surface area contributed by atoms with E-state index in [1.54, 1.807) is 45.0 Å². The monoisotopic (exact) mass is 541 g/mol. The lowest BCUT2D eigenvalue weighted by Crippen LogP contribution is -2.47. The highest BCUT2D eigenvalue weighted by molar-refractivity contribution is 5.81. The molecular weight excluding hydrogens is 509 g/mol. The molecule has 0 saturated carbocycles. The van der Waals surface area contributed by atoms with E-state index in [0.717, 1.165) is 21.9 Å². The zero-order valence-corrected chi connectivity index (χ0v) is 22.1. The smallest absolute Gasteiger partial charge is 0.408 e. The summed E-state index contributed by atoms with van der Waals surface area (Å²) < 4.78 is 32.1. The van der Waals surface area contributed by atoms with Crippen molar-refractivity contribution in [1.82, 2.24) is 14.5 Å². The third kappa shape index (κ3) is 9.22. The van der Waals surface area contributed by atoms with Crippen molar-refractivity contribution in [2.45, 2.75) is 65.3 Å². The van der Waals surface area contributed by atoms with Crippen LogP contribution in [0.1, 0.15) is 38.3 Å². The van der Waals surface area contributed by atoms with Gasteiger partial charge in [-0.1, -0.05) is 60.7 Å². The van der Waals surface area contributed by atoms with Gasteiger partial charge < -0.3 is 19.5 Å². The summed E-state index contributed by atoms with van der Waals surface area (Å²) in [6.07, 6.45) is -0.352. The minimum absolute atomic E-state index is 0.0579. The highest BCUT2D eigenvalue weighted by Crippen LogP contribution is 2.09. The molecule has 3 rings (SSSR count). The second-order valence-corrected chi connectivity index (χ2v) is 9.73. The summed E-state index contributed by atoms with van der Waals surface area (Å²) in [6.45, 7) is 4.40. The standard InChI is InChI=1S/C28H32FN3O7/c1-28(2,3)39-26(35)30-23(25(34)38-18-21-12-8-5-9-13-21)14-15-32-24(33)22(29)16-31(27(32)36)19-37-17-20-10-6-4-7-11-20/h4-13,16,23H,14-15,17-19H2,1-3H3,(H,30,35). The van der Waals surface area contributed by atoms with Gasteiger partial charge in [0.05, 0.1) is 12.8 Å². The molecule has 39 heavy (non-hydrogen) atoms. The number of carbonyl (C=O) groups is 2. The van der Waals surface area contributed by atoms with Crippen LogP contribution < -0.4 is 16.6 Å². The number of alkyl carbamates (subject to hydrolysis) is 1. The molecule has 0 aliphatic carbocycles. The summed E-state index contributed by atoms with van der Waals surface area (Å²) in [7, 11) is 0. The first kappa shape index (κ1) is 29.3. The van der Waals surface area contributed by atoms with Crippen LogP contribution in [0.5, 0.6) is 0 Å². The van der Waals surface area contributed by atoms with Gasteiger partial charge in [0, 0.05) is 6.54 Å². The number of halogens is 1. The number of benzene rings is 2. The third-order valence-corrected chi connectivity index (χ3v) is 5.38. The molecule has 0 radical (unpaired) electrons. The van der Waals surface area contributed by atoms with Gasteiger partial charge in [-0.05, 0) is 38.3 Å². The van der Waals surface area contributed by atoms with Crippen LogP contribution in [0, 0.1) is 5.82 Å². The van der Waals surface area contributed by atoms with Crippen LogP contribution in [0.15, 0.2) is 76.4 Å². The van der Waals surface area contributed by atoms with Gasteiger partial charge in [-0.2, -0.15) is 4.39 Å². The Morgan fingerprint density at radius 1 is 0.949 bits per heavy atom. The van der Waals surface area contributed by atoms with Crippen molar-refractivity contribution in [3.8, 4) is 0 Å². The van der Waals surface area contributed by atoms with Crippen molar-refractivity contribution in [1.29, 1.82) is 0 Å². The number of aromatic nitrogens is 2. The van der Waals surface area contributed by atoms with E-state index in [2.05, 4.69) is 5.32 Å². The Balaban J connectivity index is 1.73. The van der Waals surface area contributed by atoms with E-state index in [1.807, 2.05) is 36.4 Å². The van der Waals surface area contributed by atoms with Gasteiger partial charge >= 0.3 is 17.8 Å². The summed E-state index contributed by atoms with van der Waals surface area (Å²) in [5.74, 6) is -1.97. The highest BCUT2D eigenvalue weighted by atomic mass is 19.1. The minimum Gasteiger partial charge on any atom is -0.459 e. The largest absolute Gasteiger partial charge is 0.459 e. The number of esters is 1. The van der Waals surface area contributed by atoms with Crippen LogP contribution >= 0.6 is 0 Å². The number of carbonyl (C=O) groups excluding carboxylic acids is 2. The number of hydrogen-bond acceptors (Lipinski definition) is 7. The molecule has 1 atom stereocenters. The average molecular weight is 542 g/mol. The van der Waals surface area contributed by atoms with Crippen LogP contribution in [0.3, 0.4) is 0 Å². The molecule has 0 aliphatic heterocycles. The molecule has 2 aromatic carbocycles. The SMILES string of the molecule is CC(C)(C)OC(=O)NC(CCn1c(=O)c(F)cn(COCc2ccccc2)c1=O)C(=O)OCc1ccccc1. The Morgan fingerprint density at radius 3 is 2.13 bits per heavy atom.